The molecular weight excluding hydrogens is 342 g/mol. The number of nitrogens with zero attached hydrogens (tertiary/aromatic N) is 2. The average molecular weight is 374 g/mol. The summed E-state index contributed by atoms with van der Waals surface area (Å²) in [4.78, 5) is 9.07. The summed E-state index contributed by atoms with van der Waals surface area (Å²) in [5.41, 5.74) is 2.59. The molecule has 0 bridgehead atoms. The zero-order valence-corrected chi connectivity index (χ0v) is 17.1. The second-order valence-electron chi connectivity index (χ2n) is 8.54. The van der Waals surface area contributed by atoms with E-state index in [1.807, 2.05) is 18.5 Å². The lowest BCUT2D eigenvalue weighted by molar-refractivity contribution is 0.267. The van der Waals surface area contributed by atoms with Gasteiger partial charge in [-0.05, 0) is 72.9 Å². The van der Waals surface area contributed by atoms with Gasteiger partial charge in [0.15, 0.2) is 0 Å². The average Bonchev–Trinajstić information content (AvgIpc) is 2.74. The van der Waals surface area contributed by atoms with Gasteiger partial charge in [-0.3, -0.25) is 4.98 Å². The number of rotatable bonds is 6. The van der Waals surface area contributed by atoms with Gasteiger partial charge in [-0.1, -0.05) is 44.2 Å². The molecule has 0 aliphatic heterocycles. The molecule has 0 atom stereocenters. The van der Waals surface area contributed by atoms with Crippen molar-refractivity contribution in [1.82, 2.24) is 9.97 Å². The Hall–Kier alpha value is -2.42. The van der Waals surface area contributed by atoms with Crippen molar-refractivity contribution < 1.29 is 0 Å². The monoisotopic (exact) mass is 373 g/mol. The Morgan fingerprint density at radius 3 is 2.43 bits per heavy atom. The maximum atomic E-state index is 4.84. The fourth-order valence-corrected chi connectivity index (χ4v) is 4.51. The molecule has 0 amide bonds. The molecule has 3 heteroatoms. The standard InChI is InChI=1S/C25H31N3/c1-18(2)20-11-13-22(14-12-20)28-25-24-8-4-3-7-23(24)21(17-27-25)10-9-19-6-5-15-26-16-19/h3-8,15-18,20,22H,9-14H2,1-2H3,(H,27,28)/t20-,22+. The fourth-order valence-electron chi connectivity index (χ4n) is 4.51. The number of fused-ring (bicyclic) bond motifs is 1. The largest absolute Gasteiger partial charge is 0.367 e. The van der Waals surface area contributed by atoms with Crippen LogP contribution in [0.5, 0.6) is 0 Å². The molecule has 3 aromatic rings. The van der Waals surface area contributed by atoms with E-state index in [0.29, 0.717) is 6.04 Å². The van der Waals surface area contributed by atoms with Gasteiger partial charge in [0.1, 0.15) is 5.82 Å². The molecule has 28 heavy (non-hydrogen) atoms. The highest BCUT2D eigenvalue weighted by Gasteiger charge is 2.23. The molecule has 1 aromatic carbocycles. The SMILES string of the molecule is CC(C)[C@H]1CC[C@@H](Nc2ncc(CCc3cccnc3)c3ccccc23)CC1. The van der Waals surface area contributed by atoms with Gasteiger partial charge in [-0.2, -0.15) is 0 Å². The lowest BCUT2D eigenvalue weighted by Gasteiger charge is -2.31. The van der Waals surface area contributed by atoms with Crippen LogP contribution in [0.15, 0.2) is 55.0 Å². The van der Waals surface area contributed by atoms with E-state index in [-0.39, 0.29) is 0 Å². The molecule has 3 nitrogen and oxygen atoms in total. The summed E-state index contributed by atoms with van der Waals surface area (Å²) in [6, 6.07) is 13.4. The second kappa shape index (κ2) is 8.72. The Morgan fingerprint density at radius 2 is 1.71 bits per heavy atom. The van der Waals surface area contributed by atoms with Gasteiger partial charge in [-0.15, -0.1) is 0 Å². The van der Waals surface area contributed by atoms with Crippen LogP contribution >= 0.6 is 0 Å². The van der Waals surface area contributed by atoms with Gasteiger partial charge in [0.05, 0.1) is 0 Å². The lowest BCUT2D eigenvalue weighted by Crippen LogP contribution is -2.28. The van der Waals surface area contributed by atoms with Crippen LogP contribution in [-0.2, 0) is 12.8 Å². The van der Waals surface area contributed by atoms with Crippen LogP contribution in [0, 0.1) is 11.8 Å². The van der Waals surface area contributed by atoms with Gasteiger partial charge in [0, 0.05) is 30.0 Å². The van der Waals surface area contributed by atoms with Crippen molar-refractivity contribution in [2.24, 2.45) is 11.8 Å². The van der Waals surface area contributed by atoms with Gasteiger partial charge in [-0.25, -0.2) is 4.98 Å². The first-order chi connectivity index (χ1) is 13.7. The molecular formula is C25H31N3. The first kappa shape index (κ1) is 18.9. The first-order valence-electron chi connectivity index (χ1n) is 10.7. The molecule has 2 heterocycles. The predicted molar refractivity (Wildman–Crippen MR) is 118 cm³/mol. The molecule has 0 unspecified atom stereocenters. The van der Waals surface area contributed by atoms with E-state index in [9.17, 15) is 0 Å². The van der Waals surface area contributed by atoms with Crippen LogP contribution in [0.4, 0.5) is 5.82 Å². The van der Waals surface area contributed by atoms with Crippen LogP contribution in [0.2, 0.25) is 0 Å². The highest BCUT2D eigenvalue weighted by Crippen LogP contribution is 2.33. The summed E-state index contributed by atoms with van der Waals surface area (Å²) in [7, 11) is 0. The first-order valence-corrected chi connectivity index (χ1v) is 10.7. The van der Waals surface area contributed by atoms with Crippen molar-refractivity contribution in [3.8, 4) is 0 Å². The lowest BCUT2D eigenvalue weighted by atomic mass is 9.79. The summed E-state index contributed by atoms with van der Waals surface area (Å²) in [5, 5.41) is 6.33. The normalized spacial score (nSPS) is 19.8. The maximum Gasteiger partial charge on any atom is 0.134 e. The Bertz CT molecular complexity index is 896. The van der Waals surface area contributed by atoms with Crippen molar-refractivity contribution >= 4 is 16.6 Å². The van der Waals surface area contributed by atoms with Gasteiger partial charge in [0.25, 0.3) is 0 Å². The summed E-state index contributed by atoms with van der Waals surface area (Å²) < 4.78 is 0. The van der Waals surface area contributed by atoms with Crippen LogP contribution in [0.3, 0.4) is 0 Å². The van der Waals surface area contributed by atoms with Crippen molar-refractivity contribution in [2.75, 3.05) is 5.32 Å². The molecule has 1 fully saturated rings. The number of hydrogen-bond acceptors (Lipinski definition) is 3. The highest BCUT2D eigenvalue weighted by atomic mass is 15.0. The van der Waals surface area contributed by atoms with E-state index in [1.54, 1.807) is 0 Å². The quantitative estimate of drug-likeness (QED) is 0.572. The van der Waals surface area contributed by atoms with Gasteiger partial charge < -0.3 is 5.32 Å². The predicted octanol–water partition coefficient (Wildman–Crippen LogP) is 6.04. The zero-order chi connectivity index (χ0) is 19.3. The third-order valence-corrected chi connectivity index (χ3v) is 6.34. The number of aryl methyl sites for hydroxylation is 2. The van der Waals surface area contributed by atoms with Crippen molar-refractivity contribution in [1.29, 1.82) is 0 Å². The molecule has 4 rings (SSSR count). The molecule has 0 radical (unpaired) electrons. The Morgan fingerprint density at radius 1 is 0.929 bits per heavy atom. The fraction of sp³-hybridized carbons (Fsp3) is 0.440. The summed E-state index contributed by atoms with van der Waals surface area (Å²) >= 11 is 0. The van der Waals surface area contributed by atoms with Crippen molar-refractivity contribution in [3.05, 3.63) is 66.1 Å². The summed E-state index contributed by atoms with van der Waals surface area (Å²) in [5.74, 6) is 2.74. The minimum atomic E-state index is 0.548. The van der Waals surface area contributed by atoms with Gasteiger partial charge >= 0.3 is 0 Å². The van der Waals surface area contributed by atoms with E-state index in [0.717, 1.165) is 30.5 Å². The molecule has 1 aliphatic carbocycles. The second-order valence-corrected chi connectivity index (χ2v) is 8.54. The number of benzene rings is 1. The number of aromatic nitrogens is 2. The third kappa shape index (κ3) is 4.35. The van der Waals surface area contributed by atoms with Crippen molar-refractivity contribution in [3.63, 3.8) is 0 Å². The smallest absolute Gasteiger partial charge is 0.134 e. The molecule has 146 valence electrons. The van der Waals surface area contributed by atoms with E-state index in [4.69, 9.17) is 4.98 Å². The van der Waals surface area contributed by atoms with Crippen LogP contribution in [0.25, 0.3) is 10.8 Å². The van der Waals surface area contributed by atoms with Crippen LogP contribution in [0.1, 0.15) is 50.7 Å². The summed E-state index contributed by atoms with van der Waals surface area (Å²) in [6.07, 6.45) is 13.0. The number of anilines is 1. The summed E-state index contributed by atoms with van der Waals surface area (Å²) in [6.45, 7) is 4.72. The van der Waals surface area contributed by atoms with Crippen molar-refractivity contribution in [2.45, 2.75) is 58.4 Å². The topological polar surface area (TPSA) is 37.8 Å². The van der Waals surface area contributed by atoms with E-state index >= 15 is 0 Å². The maximum absolute atomic E-state index is 4.84. The molecule has 1 saturated carbocycles. The minimum Gasteiger partial charge on any atom is -0.367 e. The number of hydrogen-bond donors (Lipinski definition) is 1. The Kier molecular flexibility index (Phi) is 5.90. The minimum absolute atomic E-state index is 0.548. The Labute approximate surface area is 168 Å². The van der Waals surface area contributed by atoms with E-state index < -0.39 is 0 Å². The zero-order valence-electron chi connectivity index (χ0n) is 17.1. The Balaban J connectivity index is 1.49. The van der Waals surface area contributed by atoms with E-state index in [1.165, 1.54) is 47.6 Å². The molecule has 2 aromatic heterocycles. The molecule has 1 N–H and O–H groups in total. The molecule has 0 saturated heterocycles. The highest BCUT2D eigenvalue weighted by molar-refractivity contribution is 5.94. The third-order valence-electron chi connectivity index (χ3n) is 6.34. The molecule has 1 aliphatic rings. The van der Waals surface area contributed by atoms with Crippen LogP contribution < -0.4 is 5.32 Å². The number of nitrogens with one attached hydrogen (secondary N) is 1. The molecule has 0 spiro atoms. The van der Waals surface area contributed by atoms with Crippen LogP contribution in [-0.4, -0.2) is 16.0 Å². The number of pyridine rings is 2. The van der Waals surface area contributed by atoms with E-state index in [2.05, 4.69) is 60.7 Å². The van der Waals surface area contributed by atoms with Gasteiger partial charge in [0.2, 0.25) is 0 Å².